The van der Waals surface area contributed by atoms with Crippen molar-refractivity contribution in [3.8, 4) is 28.1 Å². The van der Waals surface area contributed by atoms with Gasteiger partial charge in [0.2, 0.25) is 5.76 Å². The fourth-order valence-corrected chi connectivity index (χ4v) is 5.89. The van der Waals surface area contributed by atoms with Crippen LogP contribution in [0.4, 0.5) is 4.79 Å². The number of nitrogens with one attached hydrogen (secondary N) is 1. The highest BCUT2D eigenvalue weighted by Crippen LogP contribution is 2.42. The van der Waals surface area contributed by atoms with Gasteiger partial charge < -0.3 is 24.2 Å². The molecule has 2 heterocycles. The Balaban J connectivity index is 1.58. The number of carbonyl (C=O) groups excluding carboxylic acids is 2. The molecule has 0 atom stereocenters. The zero-order valence-corrected chi connectivity index (χ0v) is 28.0. The molecular weight excluding hydrogens is 578 g/mol. The van der Waals surface area contributed by atoms with Crippen LogP contribution in [0.5, 0.6) is 5.75 Å². The number of amides is 2. The normalized spacial score (nSPS) is 13.3. The summed E-state index contributed by atoms with van der Waals surface area (Å²) in [6, 6.07) is 20.4. The first kappa shape index (κ1) is 32.8. The molecule has 242 valence electrons. The van der Waals surface area contributed by atoms with Crippen molar-refractivity contribution in [3.05, 3.63) is 94.2 Å². The second-order valence-corrected chi connectivity index (χ2v) is 13.2. The molecule has 1 aliphatic rings. The number of carbonyl (C=O) groups is 2. The minimum atomic E-state index is -0.557. The van der Waals surface area contributed by atoms with Crippen molar-refractivity contribution in [1.82, 2.24) is 15.4 Å². The Labute approximate surface area is 272 Å². The van der Waals surface area contributed by atoms with Gasteiger partial charge in [0.1, 0.15) is 23.7 Å². The Kier molecular flexibility index (Phi) is 9.85. The van der Waals surface area contributed by atoms with Crippen LogP contribution in [0.25, 0.3) is 22.4 Å². The van der Waals surface area contributed by atoms with Crippen molar-refractivity contribution in [3.63, 3.8) is 0 Å². The molecule has 2 amide bonds. The third-order valence-corrected chi connectivity index (χ3v) is 8.17. The summed E-state index contributed by atoms with van der Waals surface area (Å²) < 4.78 is 17.9. The molecule has 8 heteroatoms. The molecule has 4 aromatic rings. The van der Waals surface area contributed by atoms with Gasteiger partial charge in [-0.2, -0.15) is 0 Å². The first-order chi connectivity index (χ1) is 21.9. The summed E-state index contributed by atoms with van der Waals surface area (Å²) >= 11 is 0. The maximum absolute atomic E-state index is 13.3. The van der Waals surface area contributed by atoms with Gasteiger partial charge in [0.25, 0.3) is 5.91 Å². The predicted octanol–water partition coefficient (Wildman–Crippen LogP) is 8.10. The minimum Gasteiger partial charge on any atom is -0.488 e. The van der Waals surface area contributed by atoms with E-state index < -0.39 is 5.60 Å². The number of aryl methyl sites for hydroxylation is 1. The fraction of sp³-hybridized carbons (Fsp3) is 0.395. The average Bonchev–Trinajstić information content (AvgIpc) is 3.33. The lowest BCUT2D eigenvalue weighted by Crippen LogP contribution is -2.38. The molecule has 0 spiro atoms. The molecular formula is C38H45N3O5. The monoisotopic (exact) mass is 623 g/mol. The number of rotatable bonds is 8. The van der Waals surface area contributed by atoms with Gasteiger partial charge in [-0.05, 0) is 98.9 Å². The maximum Gasteiger partial charge on any atom is 0.410 e. The summed E-state index contributed by atoms with van der Waals surface area (Å²) in [6.07, 6.45) is 1.07. The summed E-state index contributed by atoms with van der Waals surface area (Å²) in [4.78, 5) is 28.0. The Morgan fingerprint density at radius 2 is 1.72 bits per heavy atom. The topological polar surface area (TPSA) is 93.9 Å². The van der Waals surface area contributed by atoms with Gasteiger partial charge >= 0.3 is 6.09 Å². The Hall–Kier alpha value is -4.59. The second-order valence-electron chi connectivity index (χ2n) is 13.2. The van der Waals surface area contributed by atoms with Crippen LogP contribution in [0.3, 0.4) is 0 Å². The molecule has 0 saturated heterocycles. The molecule has 0 bridgehead atoms. The average molecular weight is 624 g/mol. The highest BCUT2D eigenvalue weighted by molar-refractivity contribution is 6.02. The fourth-order valence-electron chi connectivity index (χ4n) is 5.89. The lowest BCUT2D eigenvalue weighted by molar-refractivity contribution is 0.0258. The van der Waals surface area contributed by atoms with Crippen LogP contribution in [0.15, 0.2) is 65.2 Å². The van der Waals surface area contributed by atoms with Gasteiger partial charge in [-0.1, -0.05) is 67.5 Å². The molecule has 5 rings (SSSR count). The number of ether oxygens (including phenoxy) is 2. The zero-order chi connectivity index (χ0) is 33.0. The molecule has 1 N–H and O–H groups in total. The van der Waals surface area contributed by atoms with Gasteiger partial charge in [-0.15, -0.1) is 0 Å². The molecule has 1 aromatic heterocycles. The molecule has 8 nitrogen and oxygen atoms in total. The lowest BCUT2D eigenvalue weighted by atomic mass is 9.90. The summed E-state index contributed by atoms with van der Waals surface area (Å²) in [5.41, 5.74) is 7.82. The van der Waals surface area contributed by atoms with E-state index in [4.69, 9.17) is 14.0 Å². The second kappa shape index (κ2) is 13.8. The molecule has 0 aliphatic carbocycles. The number of benzene rings is 3. The minimum absolute atomic E-state index is 0.154. The van der Waals surface area contributed by atoms with E-state index in [9.17, 15) is 9.59 Å². The van der Waals surface area contributed by atoms with Gasteiger partial charge in [-0.25, -0.2) is 4.79 Å². The maximum atomic E-state index is 13.3. The smallest absolute Gasteiger partial charge is 0.410 e. The van der Waals surface area contributed by atoms with Crippen molar-refractivity contribution in [2.45, 2.75) is 79.4 Å². The van der Waals surface area contributed by atoms with Gasteiger partial charge in [0.15, 0.2) is 0 Å². The number of fused-ring (bicyclic) bond motifs is 1. The van der Waals surface area contributed by atoms with Crippen molar-refractivity contribution >= 4 is 12.0 Å². The van der Waals surface area contributed by atoms with E-state index in [1.807, 2.05) is 64.1 Å². The molecule has 0 fully saturated rings. The van der Waals surface area contributed by atoms with Crippen molar-refractivity contribution < 1.29 is 23.6 Å². The molecule has 3 aromatic carbocycles. The van der Waals surface area contributed by atoms with E-state index in [1.165, 1.54) is 5.56 Å². The van der Waals surface area contributed by atoms with Crippen molar-refractivity contribution in [2.24, 2.45) is 0 Å². The van der Waals surface area contributed by atoms with Crippen molar-refractivity contribution in [1.29, 1.82) is 0 Å². The summed E-state index contributed by atoms with van der Waals surface area (Å²) in [5, 5.41) is 7.41. The van der Waals surface area contributed by atoms with Crippen LogP contribution >= 0.6 is 0 Å². The Morgan fingerprint density at radius 1 is 1.00 bits per heavy atom. The van der Waals surface area contributed by atoms with Crippen LogP contribution in [0, 0.1) is 6.92 Å². The van der Waals surface area contributed by atoms with E-state index in [0.717, 1.165) is 33.4 Å². The van der Waals surface area contributed by atoms with Crippen LogP contribution in [-0.2, 0) is 24.2 Å². The van der Waals surface area contributed by atoms with E-state index >= 15 is 0 Å². The summed E-state index contributed by atoms with van der Waals surface area (Å²) in [7, 11) is 0. The highest BCUT2D eigenvalue weighted by Gasteiger charge is 2.29. The third kappa shape index (κ3) is 7.44. The van der Waals surface area contributed by atoms with Crippen LogP contribution in [0.1, 0.15) is 85.8 Å². The predicted molar refractivity (Wildman–Crippen MR) is 180 cm³/mol. The van der Waals surface area contributed by atoms with E-state index in [1.54, 1.807) is 4.90 Å². The van der Waals surface area contributed by atoms with Crippen LogP contribution < -0.4 is 10.1 Å². The molecule has 46 heavy (non-hydrogen) atoms. The number of hydrogen-bond acceptors (Lipinski definition) is 6. The summed E-state index contributed by atoms with van der Waals surface area (Å²) in [5.74, 6) is 0.762. The number of aromatic nitrogens is 1. The first-order valence-corrected chi connectivity index (χ1v) is 16.1. The van der Waals surface area contributed by atoms with Gasteiger partial charge in [0.05, 0.1) is 5.56 Å². The molecule has 0 radical (unpaired) electrons. The van der Waals surface area contributed by atoms with E-state index in [-0.39, 0.29) is 23.7 Å². The van der Waals surface area contributed by atoms with Gasteiger partial charge in [0, 0.05) is 25.2 Å². The number of nitrogens with zero attached hydrogens (tertiary/aromatic N) is 2. The molecule has 1 aliphatic heterocycles. The van der Waals surface area contributed by atoms with E-state index in [0.29, 0.717) is 56.1 Å². The quantitative estimate of drug-likeness (QED) is 0.213. The number of hydrogen-bond donors (Lipinski definition) is 1. The molecule has 0 unspecified atom stereocenters. The Bertz CT molecular complexity index is 1700. The zero-order valence-electron chi connectivity index (χ0n) is 28.0. The highest BCUT2D eigenvalue weighted by atomic mass is 16.6. The Morgan fingerprint density at radius 3 is 2.39 bits per heavy atom. The van der Waals surface area contributed by atoms with Crippen LogP contribution in [-0.4, -0.2) is 47.3 Å². The van der Waals surface area contributed by atoms with Crippen molar-refractivity contribution in [2.75, 3.05) is 19.6 Å². The first-order valence-electron chi connectivity index (χ1n) is 16.1. The third-order valence-electron chi connectivity index (χ3n) is 8.17. The van der Waals surface area contributed by atoms with Gasteiger partial charge in [-0.3, -0.25) is 4.79 Å². The lowest BCUT2D eigenvalue weighted by Gasteiger charge is -2.26. The largest absolute Gasteiger partial charge is 0.488 e. The van der Waals surface area contributed by atoms with Crippen LogP contribution in [0.2, 0.25) is 0 Å². The SMILES string of the molecule is CCNC(=O)c1onc(-c2cc(C(C)C)c(C)cc2OCc2ccccc2)c1-c1ccc2c(c1)CCN(C(=O)OC(C)(C)C)CC2. The van der Waals surface area contributed by atoms with E-state index in [2.05, 4.69) is 55.5 Å². The summed E-state index contributed by atoms with van der Waals surface area (Å²) in [6.45, 7) is 15.9. The molecule has 0 saturated carbocycles. The standard InChI is InChI=1S/C38H45N3O5/c1-8-39-36(42)35-33(29-15-14-27-16-18-41(19-17-28(27)21-29)37(43)45-38(5,6)7)34(40-46-35)31-22-30(24(2)3)25(4)20-32(31)44-23-26-12-10-9-11-13-26/h9-15,20-22,24H,8,16-19,23H2,1-7H3,(H,39,42).